The quantitative estimate of drug-likeness (QED) is 0.236. The minimum atomic E-state index is 0.883. The van der Waals surface area contributed by atoms with Crippen molar-refractivity contribution in [2.75, 3.05) is 7.11 Å². The van der Waals surface area contributed by atoms with Gasteiger partial charge in [-0.15, -0.1) is 0 Å². The van der Waals surface area contributed by atoms with Crippen molar-refractivity contribution in [2.24, 2.45) is 0 Å². The predicted octanol–water partition coefficient (Wildman–Crippen LogP) is 7.38. The summed E-state index contributed by atoms with van der Waals surface area (Å²) >= 11 is 0. The molecule has 29 heavy (non-hydrogen) atoms. The third kappa shape index (κ3) is 1.81. The fraction of sp³-hybridized carbons (Fsp3) is 0.0370. The van der Waals surface area contributed by atoms with E-state index in [-0.39, 0.29) is 0 Å². The van der Waals surface area contributed by atoms with Gasteiger partial charge < -0.3 is 9.72 Å². The van der Waals surface area contributed by atoms with Crippen LogP contribution in [0.15, 0.2) is 78.9 Å². The summed E-state index contributed by atoms with van der Waals surface area (Å²) in [5.74, 6) is 0.883. The molecule has 0 saturated heterocycles. The number of H-pyrrole nitrogens is 1. The molecule has 7 rings (SSSR count). The summed E-state index contributed by atoms with van der Waals surface area (Å²) in [6.07, 6.45) is 0. The van der Waals surface area contributed by atoms with E-state index in [9.17, 15) is 0 Å². The highest BCUT2D eigenvalue weighted by atomic mass is 16.5. The standard InChI is InChI=1S/C27H17NO/c1-29-17-11-9-16-13-22-19-12-10-15-5-2-3-6-18(15)24(19)20-7-4-8-23-25(20)26(22)27(28-23)21(16)14-17/h2-14,28H,1H3. The fourth-order valence-electron chi connectivity index (χ4n) is 5.16. The monoisotopic (exact) mass is 371 g/mol. The van der Waals surface area contributed by atoms with Gasteiger partial charge in [0.05, 0.1) is 12.6 Å². The molecule has 0 radical (unpaired) electrons. The van der Waals surface area contributed by atoms with E-state index >= 15 is 0 Å². The average Bonchev–Trinajstić information content (AvgIpc) is 3.18. The number of benzene rings is 6. The molecule has 0 amide bonds. The van der Waals surface area contributed by atoms with Crippen LogP contribution in [0.25, 0.3) is 64.9 Å². The van der Waals surface area contributed by atoms with Gasteiger partial charge in [0.25, 0.3) is 0 Å². The van der Waals surface area contributed by atoms with Crippen molar-refractivity contribution in [2.45, 2.75) is 0 Å². The van der Waals surface area contributed by atoms with Crippen LogP contribution in [0.4, 0.5) is 0 Å². The van der Waals surface area contributed by atoms with Crippen LogP contribution in [-0.4, -0.2) is 12.1 Å². The van der Waals surface area contributed by atoms with Crippen molar-refractivity contribution < 1.29 is 4.74 Å². The molecule has 0 saturated carbocycles. The first kappa shape index (κ1) is 15.2. The zero-order valence-corrected chi connectivity index (χ0v) is 15.9. The van der Waals surface area contributed by atoms with Crippen LogP contribution in [0.5, 0.6) is 5.75 Å². The lowest BCUT2D eigenvalue weighted by Gasteiger charge is -2.13. The smallest absolute Gasteiger partial charge is 0.119 e. The molecule has 2 heteroatoms. The Bertz CT molecular complexity index is 1740. The normalized spacial score (nSPS) is 12.3. The molecule has 0 spiro atoms. The van der Waals surface area contributed by atoms with Gasteiger partial charge in [0, 0.05) is 21.7 Å². The van der Waals surface area contributed by atoms with Crippen molar-refractivity contribution in [3.05, 3.63) is 78.9 Å². The summed E-state index contributed by atoms with van der Waals surface area (Å²) in [4.78, 5) is 3.72. The number of aromatic nitrogens is 1. The Morgan fingerprint density at radius 2 is 1.45 bits per heavy atom. The van der Waals surface area contributed by atoms with Crippen molar-refractivity contribution in [3.8, 4) is 5.75 Å². The summed E-state index contributed by atoms with van der Waals surface area (Å²) in [5, 5.41) is 12.9. The second kappa shape index (κ2) is 5.18. The maximum absolute atomic E-state index is 5.50. The minimum absolute atomic E-state index is 0.883. The molecule has 0 bridgehead atoms. The van der Waals surface area contributed by atoms with Gasteiger partial charge in [-0.05, 0) is 62.0 Å². The van der Waals surface area contributed by atoms with Gasteiger partial charge in [-0.3, -0.25) is 0 Å². The minimum Gasteiger partial charge on any atom is -0.497 e. The Labute approximate surface area is 166 Å². The summed E-state index contributed by atoms with van der Waals surface area (Å²) in [7, 11) is 1.72. The Morgan fingerprint density at radius 3 is 2.38 bits per heavy atom. The zero-order chi connectivity index (χ0) is 19.1. The van der Waals surface area contributed by atoms with Crippen molar-refractivity contribution in [1.82, 2.24) is 4.98 Å². The lowest BCUT2D eigenvalue weighted by Crippen LogP contribution is -1.86. The zero-order valence-electron chi connectivity index (χ0n) is 15.9. The van der Waals surface area contributed by atoms with Crippen LogP contribution >= 0.6 is 0 Å². The third-order valence-corrected chi connectivity index (χ3v) is 6.41. The highest BCUT2D eigenvalue weighted by Gasteiger charge is 2.18. The molecule has 0 fully saturated rings. The Kier molecular flexibility index (Phi) is 2.71. The van der Waals surface area contributed by atoms with Gasteiger partial charge in [0.2, 0.25) is 0 Å². The van der Waals surface area contributed by atoms with Crippen LogP contribution in [0.2, 0.25) is 0 Å². The first-order valence-electron chi connectivity index (χ1n) is 9.91. The number of aromatic amines is 1. The topological polar surface area (TPSA) is 25.0 Å². The largest absolute Gasteiger partial charge is 0.497 e. The molecule has 1 heterocycles. The van der Waals surface area contributed by atoms with E-state index in [1.807, 2.05) is 6.07 Å². The molecule has 6 aromatic carbocycles. The van der Waals surface area contributed by atoms with Crippen LogP contribution in [0, 0.1) is 0 Å². The van der Waals surface area contributed by atoms with Crippen LogP contribution in [0.3, 0.4) is 0 Å². The highest BCUT2D eigenvalue weighted by Crippen LogP contribution is 2.45. The van der Waals surface area contributed by atoms with Gasteiger partial charge in [-0.25, -0.2) is 0 Å². The van der Waals surface area contributed by atoms with E-state index in [1.165, 1.54) is 64.9 Å². The molecule has 0 aliphatic heterocycles. The number of methoxy groups -OCH3 is 1. The number of nitrogens with one attached hydrogen (secondary N) is 1. The molecule has 0 atom stereocenters. The van der Waals surface area contributed by atoms with Gasteiger partial charge >= 0.3 is 0 Å². The molecule has 0 unspecified atom stereocenters. The molecular formula is C27H17NO. The number of fused-ring (bicyclic) bond motifs is 7. The van der Waals surface area contributed by atoms with E-state index in [2.05, 4.69) is 77.8 Å². The fourth-order valence-corrected chi connectivity index (χ4v) is 5.16. The van der Waals surface area contributed by atoms with Crippen molar-refractivity contribution in [3.63, 3.8) is 0 Å². The maximum atomic E-state index is 5.50. The second-order valence-corrected chi connectivity index (χ2v) is 7.82. The molecule has 136 valence electrons. The lowest BCUT2D eigenvalue weighted by atomic mass is 9.90. The molecule has 1 aromatic heterocycles. The first-order chi connectivity index (χ1) is 14.3. The van der Waals surface area contributed by atoms with E-state index in [0.717, 1.165) is 5.75 Å². The van der Waals surface area contributed by atoms with Crippen LogP contribution in [-0.2, 0) is 0 Å². The van der Waals surface area contributed by atoms with Crippen molar-refractivity contribution >= 4 is 64.9 Å². The average molecular weight is 371 g/mol. The van der Waals surface area contributed by atoms with E-state index in [1.54, 1.807) is 7.11 Å². The van der Waals surface area contributed by atoms with E-state index in [0.29, 0.717) is 0 Å². The van der Waals surface area contributed by atoms with E-state index in [4.69, 9.17) is 4.74 Å². The summed E-state index contributed by atoms with van der Waals surface area (Å²) in [5.41, 5.74) is 2.38. The van der Waals surface area contributed by atoms with Gasteiger partial charge in [-0.2, -0.15) is 0 Å². The second-order valence-electron chi connectivity index (χ2n) is 7.82. The van der Waals surface area contributed by atoms with Crippen LogP contribution < -0.4 is 4.74 Å². The first-order valence-corrected chi connectivity index (χ1v) is 9.91. The molecule has 1 N–H and O–H groups in total. The Morgan fingerprint density at radius 1 is 0.586 bits per heavy atom. The third-order valence-electron chi connectivity index (χ3n) is 6.41. The molecular weight excluding hydrogens is 354 g/mol. The molecule has 2 nitrogen and oxygen atoms in total. The highest BCUT2D eigenvalue weighted by molar-refractivity contribution is 6.40. The Hall–Kier alpha value is -3.78. The molecule has 7 aromatic rings. The number of ether oxygens (including phenoxy) is 1. The Balaban J connectivity index is 1.86. The van der Waals surface area contributed by atoms with Gasteiger partial charge in [0.1, 0.15) is 5.75 Å². The van der Waals surface area contributed by atoms with E-state index < -0.39 is 0 Å². The summed E-state index contributed by atoms with van der Waals surface area (Å²) in [6, 6.07) is 28.5. The number of hydrogen-bond acceptors (Lipinski definition) is 1. The van der Waals surface area contributed by atoms with Crippen LogP contribution in [0.1, 0.15) is 0 Å². The summed E-state index contributed by atoms with van der Waals surface area (Å²) in [6.45, 7) is 0. The predicted molar refractivity (Wildman–Crippen MR) is 124 cm³/mol. The molecule has 0 aliphatic rings. The molecule has 0 aliphatic carbocycles. The maximum Gasteiger partial charge on any atom is 0.119 e. The van der Waals surface area contributed by atoms with Crippen molar-refractivity contribution in [1.29, 1.82) is 0 Å². The lowest BCUT2D eigenvalue weighted by molar-refractivity contribution is 0.415. The van der Waals surface area contributed by atoms with Gasteiger partial charge in [0.15, 0.2) is 0 Å². The number of hydrogen-bond donors (Lipinski definition) is 1. The SMILES string of the molecule is COc1ccc2cc3c4ccc5ccccc5c4c4cccc5[nH]c(c2c1)c3c54. The number of rotatable bonds is 1. The summed E-state index contributed by atoms with van der Waals surface area (Å²) < 4.78 is 5.50. The van der Waals surface area contributed by atoms with Gasteiger partial charge in [-0.1, -0.05) is 54.6 Å².